The van der Waals surface area contributed by atoms with E-state index in [2.05, 4.69) is 54.2 Å². The van der Waals surface area contributed by atoms with Crippen LogP contribution in [-0.4, -0.2) is 41.4 Å². The lowest BCUT2D eigenvalue weighted by atomic mass is 9.94. The maximum absolute atomic E-state index is 13.4. The molecule has 0 radical (unpaired) electrons. The van der Waals surface area contributed by atoms with Crippen LogP contribution in [-0.2, 0) is 16.4 Å². The van der Waals surface area contributed by atoms with E-state index >= 15 is 0 Å². The Morgan fingerprint density at radius 1 is 1.05 bits per heavy atom. The second-order valence-corrected chi connectivity index (χ2v) is 13.0. The summed E-state index contributed by atoms with van der Waals surface area (Å²) < 4.78 is 28.0. The molecule has 0 unspecified atom stereocenters. The summed E-state index contributed by atoms with van der Waals surface area (Å²) in [7, 11) is -4.23. The van der Waals surface area contributed by atoms with E-state index in [0.29, 0.717) is 23.3 Å². The number of pyridine rings is 3. The molecule has 1 aliphatic rings. The number of aryl methyl sites for hydroxylation is 1. The summed E-state index contributed by atoms with van der Waals surface area (Å²) in [6.45, 7) is 11.0. The number of rotatable bonds is 10. The van der Waals surface area contributed by atoms with Gasteiger partial charge in [0.2, 0.25) is 0 Å². The Bertz CT molecular complexity index is 1430. The minimum atomic E-state index is -4.23. The molecule has 4 rings (SSSR count). The first-order chi connectivity index (χ1) is 18.9. The van der Waals surface area contributed by atoms with Crippen molar-refractivity contribution in [2.45, 2.75) is 83.8 Å². The number of nitrogens with zero attached hydrogens (tertiary/aromatic N) is 4. The Morgan fingerprint density at radius 2 is 1.77 bits per heavy atom. The Labute approximate surface area is 237 Å². The SMILES string of the molecule is CC(C)C[C@@H](C)CCc1ccc(-c2ccc(C(=O)NS(=O)(=O)c3cccc(N)n3)c(N3[C@H](C)CC[C@@H]3C)n2)cn1. The van der Waals surface area contributed by atoms with Crippen molar-refractivity contribution in [2.24, 2.45) is 11.8 Å². The van der Waals surface area contributed by atoms with Crippen LogP contribution < -0.4 is 15.4 Å². The van der Waals surface area contributed by atoms with Gasteiger partial charge in [0.05, 0.1) is 11.3 Å². The zero-order chi connectivity index (χ0) is 29.0. The molecule has 0 bridgehead atoms. The number of sulfonamides is 1. The Hall–Kier alpha value is -3.53. The van der Waals surface area contributed by atoms with E-state index in [0.717, 1.165) is 36.9 Å². The van der Waals surface area contributed by atoms with Gasteiger partial charge in [0, 0.05) is 29.5 Å². The highest BCUT2D eigenvalue weighted by Gasteiger charge is 2.33. The zero-order valence-electron chi connectivity index (χ0n) is 24.0. The van der Waals surface area contributed by atoms with E-state index in [1.807, 2.05) is 18.3 Å². The molecule has 0 spiro atoms. The minimum Gasteiger partial charge on any atom is -0.384 e. The van der Waals surface area contributed by atoms with Gasteiger partial charge in [-0.1, -0.05) is 26.8 Å². The van der Waals surface area contributed by atoms with Crippen LogP contribution in [0.4, 0.5) is 11.6 Å². The standard InChI is InChI=1S/C30H40N6O3S/c1-19(2)17-20(3)9-13-24-14-12-23(18-32-24)26-16-15-25(29(33-26)36-21(4)10-11-22(36)5)30(37)35-40(38,39)28-8-6-7-27(31)34-28/h6-8,12,14-16,18-22H,9-11,13,17H2,1-5H3,(H2,31,34)(H,35,37)/t20-,21-,22+/m0/s1. The van der Waals surface area contributed by atoms with Gasteiger partial charge in [0.25, 0.3) is 15.9 Å². The van der Waals surface area contributed by atoms with Crippen molar-refractivity contribution in [3.8, 4) is 11.3 Å². The number of hydrogen-bond donors (Lipinski definition) is 2. The van der Waals surface area contributed by atoms with Crippen molar-refractivity contribution in [1.29, 1.82) is 0 Å². The lowest BCUT2D eigenvalue weighted by molar-refractivity contribution is 0.0981. The maximum Gasteiger partial charge on any atom is 0.281 e. The van der Waals surface area contributed by atoms with Gasteiger partial charge in [-0.25, -0.2) is 14.7 Å². The fourth-order valence-corrected chi connectivity index (χ4v) is 6.39. The maximum atomic E-state index is 13.4. The summed E-state index contributed by atoms with van der Waals surface area (Å²) in [5, 5.41) is -0.320. The minimum absolute atomic E-state index is 0.0476. The van der Waals surface area contributed by atoms with Crippen molar-refractivity contribution in [3.63, 3.8) is 0 Å². The number of nitrogens with two attached hydrogens (primary N) is 1. The number of anilines is 2. The van der Waals surface area contributed by atoms with Crippen molar-refractivity contribution in [1.82, 2.24) is 19.7 Å². The molecule has 1 amide bonds. The first-order valence-electron chi connectivity index (χ1n) is 14.0. The van der Waals surface area contributed by atoms with E-state index in [9.17, 15) is 13.2 Å². The first kappa shape index (κ1) is 29.5. The van der Waals surface area contributed by atoms with Crippen LogP contribution in [0, 0.1) is 11.8 Å². The average Bonchev–Trinajstić information content (AvgIpc) is 3.24. The van der Waals surface area contributed by atoms with Gasteiger partial charge in [-0.05, 0) is 94.2 Å². The summed E-state index contributed by atoms with van der Waals surface area (Å²) in [6, 6.07) is 11.9. The lowest BCUT2D eigenvalue weighted by Gasteiger charge is -2.29. The van der Waals surface area contributed by atoms with Crippen LogP contribution >= 0.6 is 0 Å². The smallest absolute Gasteiger partial charge is 0.281 e. The summed E-state index contributed by atoms with van der Waals surface area (Å²) >= 11 is 0. The fourth-order valence-electron chi connectivity index (χ4n) is 5.45. The second-order valence-electron chi connectivity index (χ2n) is 11.4. The van der Waals surface area contributed by atoms with Gasteiger partial charge in [-0.2, -0.15) is 8.42 Å². The number of amides is 1. The molecule has 3 aromatic heterocycles. The second kappa shape index (κ2) is 12.3. The van der Waals surface area contributed by atoms with Crippen LogP contribution in [0.2, 0.25) is 0 Å². The van der Waals surface area contributed by atoms with Crippen molar-refractivity contribution in [2.75, 3.05) is 10.6 Å². The summed E-state index contributed by atoms with van der Waals surface area (Å²) in [5.74, 6) is 1.06. The first-order valence-corrected chi connectivity index (χ1v) is 15.5. The van der Waals surface area contributed by atoms with Gasteiger partial charge >= 0.3 is 0 Å². The molecule has 0 aromatic carbocycles. The van der Waals surface area contributed by atoms with Gasteiger partial charge in [-0.15, -0.1) is 0 Å². The van der Waals surface area contributed by atoms with Crippen LogP contribution in [0.3, 0.4) is 0 Å². The van der Waals surface area contributed by atoms with E-state index in [-0.39, 0.29) is 28.5 Å². The molecule has 4 heterocycles. The Balaban J connectivity index is 1.61. The van der Waals surface area contributed by atoms with Crippen LogP contribution in [0.5, 0.6) is 0 Å². The number of hydrogen-bond acceptors (Lipinski definition) is 8. The molecule has 1 saturated heterocycles. The highest BCUT2D eigenvalue weighted by atomic mass is 32.2. The van der Waals surface area contributed by atoms with E-state index in [1.54, 1.807) is 12.1 Å². The van der Waals surface area contributed by atoms with E-state index in [4.69, 9.17) is 10.7 Å². The molecule has 1 fully saturated rings. The Morgan fingerprint density at radius 3 is 2.40 bits per heavy atom. The molecule has 1 aliphatic heterocycles. The monoisotopic (exact) mass is 564 g/mol. The van der Waals surface area contributed by atoms with E-state index < -0.39 is 15.9 Å². The molecule has 3 aromatic rings. The average molecular weight is 565 g/mol. The molecule has 9 nitrogen and oxygen atoms in total. The number of carbonyl (C=O) groups is 1. The molecule has 3 atom stereocenters. The lowest BCUT2D eigenvalue weighted by Crippen LogP contribution is -2.37. The molecule has 0 aliphatic carbocycles. The number of carbonyl (C=O) groups excluding carboxylic acids is 1. The molecular weight excluding hydrogens is 524 g/mol. The third kappa shape index (κ3) is 6.96. The largest absolute Gasteiger partial charge is 0.384 e. The Kier molecular flexibility index (Phi) is 9.08. The van der Waals surface area contributed by atoms with Crippen LogP contribution in [0.1, 0.15) is 76.4 Å². The molecule has 0 saturated carbocycles. The summed E-state index contributed by atoms with van der Waals surface area (Å²) in [6.07, 6.45) is 6.94. The molecule has 10 heteroatoms. The predicted molar refractivity (Wildman–Crippen MR) is 158 cm³/mol. The van der Waals surface area contributed by atoms with E-state index in [1.165, 1.54) is 24.6 Å². The fraction of sp³-hybridized carbons (Fsp3) is 0.467. The van der Waals surface area contributed by atoms with Crippen LogP contribution in [0.25, 0.3) is 11.3 Å². The van der Waals surface area contributed by atoms with Gasteiger partial charge in [0.1, 0.15) is 11.6 Å². The van der Waals surface area contributed by atoms with Gasteiger partial charge < -0.3 is 10.6 Å². The highest BCUT2D eigenvalue weighted by molar-refractivity contribution is 7.90. The predicted octanol–water partition coefficient (Wildman–Crippen LogP) is 5.23. The molecular formula is C30H40N6O3S. The number of nitrogen functional groups attached to an aromatic ring is 1. The molecule has 214 valence electrons. The van der Waals surface area contributed by atoms with Crippen molar-refractivity contribution < 1.29 is 13.2 Å². The molecule has 3 N–H and O–H groups in total. The third-order valence-electron chi connectivity index (χ3n) is 7.45. The quantitative estimate of drug-likeness (QED) is 0.342. The number of aromatic nitrogens is 3. The zero-order valence-corrected chi connectivity index (χ0v) is 24.8. The summed E-state index contributed by atoms with van der Waals surface area (Å²) in [5.41, 5.74) is 8.38. The highest BCUT2D eigenvalue weighted by Crippen LogP contribution is 2.33. The van der Waals surface area contributed by atoms with Gasteiger partial charge in [0.15, 0.2) is 5.03 Å². The topological polar surface area (TPSA) is 131 Å². The number of nitrogens with one attached hydrogen (secondary N) is 1. The van der Waals surface area contributed by atoms with Crippen molar-refractivity contribution >= 4 is 27.6 Å². The molecule has 40 heavy (non-hydrogen) atoms. The summed E-state index contributed by atoms with van der Waals surface area (Å²) in [4.78, 5) is 28.9. The van der Waals surface area contributed by atoms with Crippen molar-refractivity contribution in [3.05, 3.63) is 59.9 Å². The van der Waals surface area contributed by atoms with Crippen LogP contribution in [0.15, 0.2) is 53.7 Å². The normalized spacial score (nSPS) is 18.2. The third-order valence-corrected chi connectivity index (χ3v) is 8.68. The van der Waals surface area contributed by atoms with Gasteiger partial charge in [-0.3, -0.25) is 9.78 Å².